The molecule has 0 N–H and O–H groups in total. The Bertz CT molecular complexity index is 614. The Morgan fingerprint density at radius 2 is 2.11 bits per heavy atom. The molecule has 2 aromatic rings. The summed E-state index contributed by atoms with van der Waals surface area (Å²) < 4.78 is 5.69. The minimum Gasteiger partial charge on any atom is -0.438 e. The summed E-state index contributed by atoms with van der Waals surface area (Å²) in [6.07, 6.45) is 2.00. The number of rotatable bonds is 4. The summed E-state index contributed by atoms with van der Waals surface area (Å²) >= 11 is 5.74. The van der Waals surface area contributed by atoms with E-state index in [1.165, 1.54) is 0 Å². The van der Waals surface area contributed by atoms with Crippen LogP contribution in [0.15, 0.2) is 30.5 Å². The van der Waals surface area contributed by atoms with Gasteiger partial charge in [0.05, 0.1) is 5.56 Å². The second-order valence-corrected chi connectivity index (χ2v) is 4.34. The van der Waals surface area contributed by atoms with Gasteiger partial charge in [-0.25, -0.2) is 4.98 Å². The van der Waals surface area contributed by atoms with E-state index in [0.717, 1.165) is 5.56 Å². The van der Waals surface area contributed by atoms with E-state index in [-0.39, 0.29) is 11.1 Å². The molecule has 0 aliphatic heterocycles. The van der Waals surface area contributed by atoms with E-state index in [0.29, 0.717) is 23.6 Å². The molecule has 0 amide bonds. The molecule has 0 saturated heterocycles. The summed E-state index contributed by atoms with van der Waals surface area (Å²) in [7, 11) is 0. The molecule has 98 valence electrons. The van der Waals surface area contributed by atoms with Gasteiger partial charge in [0.2, 0.25) is 11.2 Å². The Morgan fingerprint density at radius 1 is 1.37 bits per heavy atom. The first kappa shape index (κ1) is 13.5. The molecular weight excluding hydrogens is 264 g/mol. The van der Waals surface area contributed by atoms with Crippen LogP contribution in [0.25, 0.3) is 0 Å². The monoisotopic (exact) mass is 276 g/mol. The normalized spacial score (nSPS) is 10.3. The van der Waals surface area contributed by atoms with Gasteiger partial charge in [-0.15, -0.1) is 0 Å². The third-order valence-corrected chi connectivity index (χ3v) is 2.79. The maximum absolute atomic E-state index is 11.8. The van der Waals surface area contributed by atoms with E-state index in [9.17, 15) is 4.79 Å². The molecule has 0 bridgehead atoms. The molecule has 0 aliphatic carbocycles. The van der Waals surface area contributed by atoms with Crippen LogP contribution in [-0.2, 0) is 0 Å². The largest absolute Gasteiger partial charge is 0.438 e. The molecule has 0 radical (unpaired) electrons. The molecule has 1 aromatic heterocycles. The van der Waals surface area contributed by atoms with Gasteiger partial charge in [-0.05, 0) is 30.7 Å². The van der Waals surface area contributed by atoms with Gasteiger partial charge in [0.15, 0.2) is 5.78 Å². The predicted octanol–water partition coefficient (Wildman–Crippen LogP) is 3.82. The Morgan fingerprint density at radius 3 is 2.84 bits per heavy atom. The molecule has 0 spiro atoms. The molecule has 1 heterocycles. The molecule has 0 atom stereocenters. The van der Waals surface area contributed by atoms with Crippen LogP contribution in [0, 0.1) is 6.92 Å². The van der Waals surface area contributed by atoms with Gasteiger partial charge >= 0.3 is 0 Å². The SMILES string of the molecule is CCC(=O)c1ccccc1Oc1nc(Cl)ncc1C. The van der Waals surface area contributed by atoms with Crippen molar-refractivity contribution in [1.82, 2.24) is 9.97 Å². The molecule has 19 heavy (non-hydrogen) atoms. The van der Waals surface area contributed by atoms with Crippen molar-refractivity contribution in [3.05, 3.63) is 46.9 Å². The Kier molecular flexibility index (Phi) is 4.12. The van der Waals surface area contributed by atoms with Crippen molar-refractivity contribution in [2.45, 2.75) is 20.3 Å². The van der Waals surface area contributed by atoms with E-state index in [4.69, 9.17) is 16.3 Å². The van der Waals surface area contributed by atoms with Crippen LogP contribution in [0.1, 0.15) is 29.3 Å². The first-order valence-electron chi connectivity index (χ1n) is 5.91. The molecular formula is C14H13ClN2O2. The number of carbonyl (C=O) groups excluding carboxylic acids is 1. The Labute approximate surface area is 116 Å². The van der Waals surface area contributed by atoms with Gasteiger partial charge in [-0.1, -0.05) is 19.1 Å². The third-order valence-electron chi connectivity index (χ3n) is 2.61. The number of benzene rings is 1. The first-order chi connectivity index (χ1) is 9.11. The van der Waals surface area contributed by atoms with Crippen LogP contribution in [-0.4, -0.2) is 15.8 Å². The lowest BCUT2D eigenvalue weighted by molar-refractivity contribution is 0.0986. The number of halogens is 1. The van der Waals surface area contributed by atoms with Crippen molar-refractivity contribution in [1.29, 1.82) is 0 Å². The summed E-state index contributed by atoms with van der Waals surface area (Å²) in [5.41, 5.74) is 1.29. The van der Waals surface area contributed by atoms with Gasteiger partial charge in [0, 0.05) is 18.2 Å². The van der Waals surface area contributed by atoms with Crippen molar-refractivity contribution in [2.24, 2.45) is 0 Å². The zero-order valence-electron chi connectivity index (χ0n) is 10.7. The van der Waals surface area contributed by atoms with Crippen molar-refractivity contribution in [3.63, 3.8) is 0 Å². The number of ether oxygens (including phenoxy) is 1. The number of aryl methyl sites for hydroxylation is 1. The summed E-state index contributed by atoms with van der Waals surface area (Å²) in [6.45, 7) is 3.63. The number of hydrogen-bond acceptors (Lipinski definition) is 4. The van der Waals surface area contributed by atoms with Gasteiger partial charge in [-0.2, -0.15) is 4.98 Å². The lowest BCUT2D eigenvalue weighted by atomic mass is 10.1. The second-order valence-electron chi connectivity index (χ2n) is 4.00. The molecule has 1 aromatic carbocycles. The second kappa shape index (κ2) is 5.80. The van der Waals surface area contributed by atoms with E-state index >= 15 is 0 Å². The van der Waals surface area contributed by atoms with E-state index < -0.39 is 0 Å². The summed E-state index contributed by atoms with van der Waals surface area (Å²) in [4.78, 5) is 19.7. The van der Waals surface area contributed by atoms with E-state index in [2.05, 4.69) is 9.97 Å². The van der Waals surface area contributed by atoms with Crippen LogP contribution in [0.3, 0.4) is 0 Å². The lowest BCUT2D eigenvalue weighted by Crippen LogP contribution is -2.01. The molecule has 0 saturated carbocycles. The molecule has 0 unspecified atom stereocenters. The van der Waals surface area contributed by atoms with Crippen molar-refractivity contribution in [3.8, 4) is 11.6 Å². The van der Waals surface area contributed by atoms with Crippen LogP contribution < -0.4 is 4.74 Å². The predicted molar refractivity (Wildman–Crippen MR) is 72.9 cm³/mol. The number of para-hydroxylation sites is 1. The van der Waals surface area contributed by atoms with Crippen LogP contribution in [0.2, 0.25) is 5.28 Å². The van der Waals surface area contributed by atoms with Crippen LogP contribution >= 0.6 is 11.6 Å². The number of ketones is 1. The minimum atomic E-state index is 0.0217. The highest BCUT2D eigenvalue weighted by Crippen LogP contribution is 2.27. The van der Waals surface area contributed by atoms with Crippen molar-refractivity contribution < 1.29 is 9.53 Å². The van der Waals surface area contributed by atoms with E-state index in [1.807, 2.05) is 13.8 Å². The smallest absolute Gasteiger partial charge is 0.226 e. The van der Waals surface area contributed by atoms with Gasteiger partial charge < -0.3 is 4.74 Å². The summed E-state index contributed by atoms with van der Waals surface area (Å²) in [5.74, 6) is 0.858. The van der Waals surface area contributed by atoms with Gasteiger partial charge in [0.25, 0.3) is 0 Å². The topological polar surface area (TPSA) is 52.1 Å². The number of hydrogen-bond donors (Lipinski definition) is 0. The quantitative estimate of drug-likeness (QED) is 0.629. The zero-order chi connectivity index (χ0) is 13.8. The molecule has 4 nitrogen and oxygen atoms in total. The summed E-state index contributed by atoms with van der Waals surface area (Å²) in [5, 5.41) is 0.111. The Hall–Kier alpha value is -1.94. The molecule has 0 aliphatic rings. The van der Waals surface area contributed by atoms with Crippen molar-refractivity contribution in [2.75, 3.05) is 0 Å². The van der Waals surface area contributed by atoms with Crippen molar-refractivity contribution >= 4 is 17.4 Å². The number of aromatic nitrogens is 2. The van der Waals surface area contributed by atoms with E-state index in [1.54, 1.807) is 30.5 Å². The maximum atomic E-state index is 11.8. The Balaban J connectivity index is 2.38. The summed E-state index contributed by atoms with van der Waals surface area (Å²) in [6, 6.07) is 7.08. The lowest BCUT2D eigenvalue weighted by Gasteiger charge is -2.10. The highest BCUT2D eigenvalue weighted by Gasteiger charge is 2.13. The highest BCUT2D eigenvalue weighted by molar-refractivity contribution is 6.28. The molecule has 2 rings (SSSR count). The standard InChI is InChI=1S/C14H13ClN2O2/c1-3-11(18)10-6-4-5-7-12(10)19-13-9(2)8-16-14(15)17-13/h4-8H,3H2,1-2H3. The number of Topliss-reactive ketones (excluding diaryl/α,β-unsaturated/α-hetero) is 1. The highest BCUT2D eigenvalue weighted by atomic mass is 35.5. The fourth-order valence-corrected chi connectivity index (χ4v) is 1.72. The van der Waals surface area contributed by atoms with Crippen LogP contribution in [0.4, 0.5) is 0 Å². The fourth-order valence-electron chi connectivity index (χ4n) is 1.59. The first-order valence-corrected chi connectivity index (χ1v) is 6.29. The van der Waals surface area contributed by atoms with Gasteiger partial charge in [0.1, 0.15) is 5.75 Å². The average molecular weight is 277 g/mol. The third kappa shape index (κ3) is 3.09. The zero-order valence-corrected chi connectivity index (χ0v) is 11.4. The number of carbonyl (C=O) groups is 1. The average Bonchev–Trinajstić information content (AvgIpc) is 2.42. The molecule has 0 fully saturated rings. The minimum absolute atomic E-state index is 0.0217. The van der Waals surface area contributed by atoms with Crippen LogP contribution in [0.5, 0.6) is 11.6 Å². The number of nitrogens with zero attached hydrogens (tertiary/aromatic N) is 2. The fraction of sp³-hybridized carbons (Fsp3) is 0.214. The van der Waals surface area contributed by atoms with Gasteiger partial charge in [-0.3, -0.25) is 4.79 Å². The molecule has 5 heteroatoms. The maximum Gasteiger partial charge on any atom is 0.226 e.